The van der Waals surface area contributed by atoms with Crippen LogP contribution in [0.3, 0.4) is 0 Å². The summed E-state index contributed by atoms with van der Waals surface area (Å²) in [5.74, 6) is 0.951. The van der Waals surface area contributed by atoms with Crippen molar-refractivity contribution in [3.05, 3.63) is 0 Å². The van der Waals surface area contributed by atoms with E-state index in [1.807, 2.05) is 0 Å². The van der Waals surface area contributed by atoms with E-state index in [1.165, 1.54) is 38.5 Å². The monoisotopic (exact) mass is 200 g/mol. The molecule has 1 saturated carbocycles. The third-order valence-electron chi connectivity index (χ3n) is 3.44. The molecule has 0 aromatic carbocycles. The maximum Gasteiger partial charge on any atom is 0.158 e. The van der Waals surface area contributed by atoms with Gasteiger partial charge < -0.3 is 9.47 Å². The van der Waals surface area contributed by atoms with Crippen LogP contribution in [-0.2, 0) is 9.47 Å². The van der Waals surface area contributed by atoms with Gasteiger partial charge in [0.25, 0.3) is 0 Å². The molecule has 2 aliphatic rings. The van der Waals surface area contributed by atoms with Crippen LogP contribution < -0.4 is 0 Å². The summed E-state index contributed by atoms with van der Waals surface area (Å²) in [5, 5.41) is 0. The Morgan fingerprint density at radius 2 is 1.93 bits per heavy atom. The Morgan fingerprint density at radius 1 is 1.14 bits per heavy atom. The zero-order chi connectivity index (χ0) is 9.80. The average molecular weight is 200 g/mol. The Labute approximate surface area is 88.5 Å². The second-order valence-corrected chi connectivity index (χ2v) is 4.79. The first-order valence-electron chi connectivity index (χ1n) is 6.11. The lowest BCUT2D eigenvalue weighted by Gasteiger charge is -2.22. The topological polar surface area (TPSA) is 18.5 Å². The summed E-state index contributed by atoms with van der Waals surface area (Å²) >= 11 is 0. The molecule has 1 aliphatic carbocycles. The molecule has 1 saturated heterocycles. The van der Waals surface area contributed by atoms with Crippen molar-refractivity contribution in [3.8, 4) is 0 Å². The second-order valence-electron chi connectivity index (χ2n) is 4.79. The summed E-state index contributed by atoms with van der Waals surface area (Å²) in [6, 6.07) is 0. The van der Waals surface area contributed by atoms with Gasteiger partial charge in [-0.05, 0) is 25.7 Å². The predicted octanol–water partition coefficient (Wildman–Crippen LogP) is 3.35. The Morgan fingerprint density at radius 3 is 2.57 bits per heavy atom. The van der Waals surface area contributed by atoms with E-state index in [2.05, 4.69) is 6.92 Å². The zero-order valence-electron chi connectivity index (χ0n) is 9.21. The first kappa shape index (κ1) is 10.4. The maximum absolute atomic E-state index is 5.63. The van der Waals surface area contributed by atoms with Crippen LogP contribution in [-0.4, -0.2) is 19.0 Å². The van der Waals surface area contributed by atoms with Crippen LogP contribution >= 0.6 is 0 Å². The number of hydrogen-bond donors (Lipinski definition) is 0. The van der Waals surface area contributed by atoms with Crippen LogP contribution in [0.2, 0.25) is 0 Å². The molecular weight excluding hydrogens is 176 g/mol. The Hall–Kier alpha value is -0.0800. The molecule has 0 N–H and O–H groups in total. The van der Waals surface area contributed by atoms with Crippen LogP contribution in [0.25, 0.3) is 0 Å². The Kier molecular flexibility index (Phi) is 3.82. The fourth-order valence-corrected chi connectivity index (χ4v) is 2.58. The summed E-state index contributed by atoms with van der Waals surface area (Å²) in [5.41, 5.74) is 0. The van der Waals surface area contributed by atoms with Gasteiger partial charge in [-0.15, -0.1) is 0 Å². The normalized spacial score (nSPS) is 34.9. The van der Waals surface area contributed by atoms with Gasteiger partial charge in [-0.1, -0.05) is 32.1 Å². The van der Waals surface area contributed by atoms with Crippen molar-refractivity contribution in [1.82, 2.24) is 0 Å². The first-order chi connectivity index (χ1) is 6.84. The highest BCUT2D eigenvalue weighted by molar-refractivity contribution is 4.68. The van der Waals surface area contributed by atoms with Crippen LogP contribution in [0.4, 0.5) is 0 Å². The molecule has 2 fully saturated rings. The molecule has 0 aromatic rings. The van der Waals surface area contributed by atoms with Gasteiger partial charge in [-0.2, -0.15) is 0 Å². The van der Waals surface area contributed by atoms with Gasteiger partial charge >= 0.3 is 0 Å². The lowest BCUT2D eigenvalue weighted by Crippen LogP contribution is -2.13. The van der Waals surface area contributed by atoms with Gasteiger partial charge in [0, 0.05) is 1.43 Å². The Balaban J connectivity index is 0.00000112. The fraction of sp³-hybridized carbons (Fsp3) is 1.00. The van der Waals surface area contributed by atoms with Crippen molar-refractivity contribution in [2.24, 2.45) is 5.92 Å². The third kappa shape index (κ3) is 2.96. The standard InChI is InChI=1S/C12H22O2.H2/c1-10-9-13-12(14-10)8-7-11-5-3-2-4-6-11;/h10-12H,2-9H2,1H3;1H. The van der Waals surface area contributed by atoms with Gasteiger partial charge in [0.05, 0.1) is 12.7 Å². The smallest absolute Gasteiger partial charge is 0.158 e. The van der Waals surface area contributed by atoms with Gasteiger partial charge in [0.1, 0.15) is 0 Å². The minimum Gasteiger partial charge on any atom is -0.350 e. The zero-order valence-corrected chi connectivity index (χ0v) is 9.21. The molecule has 2 heteroatoms. The van der Waals surface area contributed by atoms with Gasteiger partial charge in [0.15, 0.2) is 6.29 Å². The molecule has 0 radical (unpaired) electrons. The van der Waals surface area contributed by atoms with Gasteiger partial charge in [0.2, 0.25) is 0 Å². The lowest BCUT2D eigenvalue weighted by molar-refractivity contribution is -0.0630. The quantitative estimate of drug-likeness (QED) is 0.695. The van der Waals surface area contributed by atoms with E-state index >= 15 is 0 Å². The van der Waals surface area contributed by atoms with E-state index in [-0.39, 0.29) is 7.72 Å². The largest absolute Gasteiger partial charge is 0.350 e. The predicted molar refractivity (Wildman–Crippen MR) is 58.2 cm³/mol. The second kappa shape index (κ2) is 5.13. The van der Waals surface area contributed by atoms with Crippen molar-refractivity contribution in [2.75, 3.05) is 6.61 Å². The van der Waals surface area contributed by atoms with Crippen molar-refractivity contribution in [3.63, 3.8) is 0 Å². The molecule has 0 amide bonds. The summed E-state index contributed by atoms with van der Waals surface area (Å²) in [6.07, 6.45) is 10.0. The molecule has 0 aromatic heterocycles. The van der Waals surface area contributed by atoms with Gasteiger partial charge in [-0.3, -0.25) is 0 Å². The third-order valence-corrected chi connectivity index (χ3v) is 3.44. The van der Waals surface area contributed by atoms with E-state index in [0.29, 0.717) is 6.10 Å². The molecule has 2 nitrogen and oxygen atoms in total. The molecular formula is C12H24O2. The summed E-state index contributed by atoms with van der Waals surface area (Å²) in [4.78, 5) is 0. The molecule has 2 atom stereocenters. The molecule has 1 heterocycles. The summed E-state index contributed by atoms with van der Waals surface area (Å²) in [7, 11) is 0. The van der Waals surface area contributed by atoms with Crippen molar-refractivity contribution in [2.45, 2.75) is 64.3 Å². The van der Waals surface area contributed by atoms with Crippen LogP contribution in [0.5, 0.6) is 0 Å². The van der Waals surface area contributed by atoms with E-state index < -0.39 is 0 Å². The van der Waals surface area contributed by atoms with Gasteiger partial charge in [-0.25, -0.2) is 0 Å². The molecule has 0 spiro atoms. The maximum atomic E-state index is 5.63. The lowest BCUT2D eigenvalue weighted by atomic mass is 9.86. The fourth-order valence-electron chi connectivity index (χ4n) is 2.58. The van der Waals surface area contributed by atoms with E-state index in [9.17, 15) is 0 Å². The van der Waals surface area contributed by atoms with Crippen molar-refractivity contribution >= 4 is 0 Å². The molecule has 14 heavy (non-hydrogen) atoms. The average Bonchev–Trinajstić information content (AvgIpc) is 2.63. The SMILES string of the molecule is CC1COC(CCC2CCCCC2)O1.[HH]. The van der Waals surface area contributed by atoms with Crippen LogP contribution in [0.15, 0.2) is 0 Å². The minimum atomic E-state index is 0. The summed E-state index contributed by atoms with van der Waals surface area (Å²) < 4.78 is 11.2. The number of ether oxygens (including phenoxy) is 2. The number of hydrogen-bond acceptors (Lipinski definition) is 2. The van der Waals surface area contributed by atoms with Crippen molar-refractivity contribution in [1.29, 1.82) is 0 Å². The van der Waals surface area contributed by atoms with E-state index in [4.69, 9.17) is 9.47 Å². The Bertz CT molecular complexity index is 164. The highest BCUT2D eigenvalue weighted by Gasteiger charge is 2.23. The number of rotatable bonds is 3. The van der Waals surface area contributed by atoms with Crippen molar-refractivity contribution < 1.29 is 10.9 Å². The van der Waals surface area contributed by atoms with E-state index in [1.54, 1.807) is 0 Å². The van der Waals surface area contributed by atoms with Crippen LogP contribution in [0, 0.1) is 5.92 Å². The van der Waals surface area contributed by atoms with Crippen LogP contribution in [0.1, 0.15) is 53.3 Å². The molecule has 2 rings (SSSR count). The minimum absolute atomic E-state index is 0. The highest BCUT2D eigenvalue weighted by Crippen LogP contribution is 2.29. The highest BCUT2D eigenvalue weighted by atomic mass is 16.7. The molecule has 1 aliphatic heterocycles. The molecule has 84 valence electrons. The summed E-state index contributed by atoms with van der Waals surface area (Å²) in [6.45, 7) is 2.87. The molecule has 0 bridgehead atoms. The molecule has 2 unspecified atom stereocenters. The first-order valence-corrected chi connectivity index (χ1v) is 6.11. The van der Waals surface area contributed by atoms with E-state index in [0.717, 1.165) is 18.9 Å².